The molecular weight excluding hydrogens is 755 g/mol. The van der Waals surface area contributed by atoms with E-state index in [-0.39, 0.29) is 95.0 Å². The van der Waals surface area contributed by atoms with Crippen molar-refractivity contribution in [3.05, 3.63) is 22.8 Å². The van der Waals surface area contributed by atoms with Gasteiger partial charge in [0.05, 0.1) is 57.2 Å². The molecule has 4 aliphatic rings. The predicted octanol–water partition coefficient (Wildman–Crippen LogP) is 7.75. The lowest BCUT2D eigenvalue weighted by molar-refractivity contribution is -0.0922. The van der Waals surface area contributed by atoms with E-state index in [1.54, 1.807) is 4.90 Å². The van der Waals surface area contributed by atoms with Crippen LogP contribution in [0.1, 0.15) is 149 Å². The molecule has 328 valence electrons. The third-order valence-electron chi connectivity index (χ3n) is 13.1. The summed E-state index contributed by atoms with van der Waals surface area (Å²) in [7, 11) is 0. The van der Waals surface area contributed by atoms with Gasteiger partial charge in [-0.05, 0) is 75.5 Å². The fourth-order valence-electron chi connectivity index (χ4n) is 10.2. The molecule has 1 aliphatic heterocycles. The standard InChI is InChI=1S/C44H69N7O8/c1-25-20-30(43(4,5)6)36(31(21-25)44(7,8)9)58-40(53)34-35(45-10)39(59-42(55)50-23-26(2)57-27(3)24-50)51-38(34)48-37(49-51)28-16-17-33(56-19-18-52)32(22-28)47-41(54)46-29-14-12-11-13-15-29/h25-33,36,52H,11-24H2,1-9H3,(H,48,49)(H2,46,47,54). The second-order valence-electron chi connectivity index (χ2n) is 20.0. The first-order chi connectivity index (χ1) is 27.9. The highest BCUT2D eigenvalue weighted by atomic mass is 16.6. The van der Waals surface area contributed by atoms with Crippen LogP contribution < -0.4 is 15.4 Å². The van der Waals surface area contributed by atoms with Crippen LogP contribution in [0.15, 0.2) is 0 Å². The summed E-state index contributed by atoms with van der Waals surface area (Å²) >= 11 is 0. The van der Waals surface area contributed by atoms with Gasteiger partial charge >= 0.3 is 18.1 Å². The summed E-state index contributed by atoms with van der Waals surface area (Å²) in [6.45, 7) is 28.1. The van der Waals surface area contributed by atoms with E-state index in [0.717, 1.165) is 38.5 Å². The minimum atomic E-state index is -0.675. The Bertz CT molecular complexity index is 1800. The Balaban J connectivity index is 1.36. The maximum atomic E-state index is 14.8. The fourth-order valence-corrected chi connectivity index (χ4v) is 10.2. The second-order valence-corrected chi connectivity index (χ2v) is 20.0. The number of aliphatic hydroxyl groups excluding tert-OH is 1. The van der Waals surface area contributed by atoms with Crippen LogP contribution >= 0.6 is 0 Å². The van der Waals surface area contributed by atoms with Crippen LogP contribution in [0.25, 0.3) is 10.5 Å². The van der Waals surface area contributed by atoms with Gasteiger partial charge in [-0.1, -0.05) is 67.7 Å². The van der Waals surface area contributed by atoms with Gasteiger partial charge in [0.25, 0.3) is 5.69 Å². The molecule has 3 saturated carbocycles. The highest BCUT2D eigenvalue weighted by Crippen LogP contribution is 2.50. The average Bonchev–Trinajstić information content (AvgIpc) is 3.71. The molecule has 0 bridgehead atoms. The second kappa shape index (κ2) is 18.4. The third kappa shape index (κ3) is 10.4. The molecule has 0 spiro atoms. The zero-order valence-electron chi connectivity index (χ0n) is 36.8. The molecule has 3 amide bonds. The Hall–Kier alpha value is -3.87. The Morgan fingerprint density at radius 1 is 0.932 bits per heavy atom. The van der Waals surface area contributed by atoms with E-state index in [4.69, 9.17) is 30.5 Å². The lowest BCUT2D eigenvalue weighted by atomic mass is 9.59. The number of fused-ring (bicyclic) bond motifs is 1. The number of H-pyrrole nitrogens is 1. The van der Waals surface area contributed by atoms with E-state index in [9.17, 15) is 19.5 Å². The molecule has 3 heterocycles. The van der Waals surface area contributed by atoms with Gasteiger partial charge in [0.2, 0.25) is 5.88 Å². The van der Waals surface area contributed by atoms with E-state index in [0.29, 0.717) is 44.1 Å². The summed E-state index contributed by atoms with van der Waals surface area (Å²) in [4.78, 5) is 52.3. The van der Waals surface area contributed by atoms with Crippen molar-refractivity contribution >= 4 is 29.4 Å². The molecule has 7 unspecified atom stereocenters. The third-order valence-corrected chi connectivity index (χ3v) is 13.1. The highest BCUT2D eigenvalue weighted by Gasteiger charge is 2.49. The summed E-state index contributed by atoms with van der Waals surface area (Å²) in [6.07, 6.45) is 6.89. The molecule has 4 fully saturated rings. The van der Waals surface area contributed by atoms with Gasteiger partial charge in [0.1, 0.15) is 17.5 Å². The Labute approximate surface area is 349 Å². The molecule has 3 aliphatic carbocycles. The number of aromatic amines is 1. The maximum Gasteiger partial charge on any atom is 0.415 e. The largest absolute Gasteiger partial charge is 0.459 e. The number of aliphatic hydroxyl groups is 1. The van der Waals surface area contributed by atoms with Crippen LogP contribution in [0, 0.1) is 35.2 Å². The number of esters is 1. The summed E-state index contributed by atoms with van der Waals surface area (Å²) in [5.41, 5.74) is -0.371. The van der Waals surface area contributed by atoms with Crippen LogP contribution in [0.2, 0.25) is 0 Å². The van der Waals surface area contributed by atoms with Crippen molar-refractivity contribution in [3.63, 3.8) is 0 Å². The molecular formula is C44H69N7O8. The molecule has 2 aromatic heterocycles. The minimum Gasteiger partial charge on any atom is -0.459 e. The van der Waals surface area contributed by atoms with E-state index in [2.05, 4.69) is 69.0 Å². The number of ether oxygens (including phenoxy) is 4. The van der Waals surface area contributed by atoms with E-state index in [1.165, 1.54) is 10.9 Å². The number of amides is 3. The first-order valence-corrected chi connectivity index (χ1v) is 22.0. The first-order valence-electron chi connectivity index (χ1n) is 22.0. The van der Waals surface area contributed by atoms with Gasteiger partial charge < -0.3 is 39.6 Å². The summed E-state index contributed by atoms with van der Waals surface area (Å²) in [5, 5.41) is 19.2. The predicted molar refractivity (Wildman–Crippen MR) is 223 cm³/mol. The summed E-state index contributed by atoms with van der Waals surface area (Å²) < 4.78 is 26.0. The summed E-state index contributed by atoms with van der Waals surface area (Å²) in [5.74, 6) is 0.0713. The van der Waals surface area contributed by atoms with Gasteiger partial charge in [0.15, 0.2) is 5.65 Å². The smallest absolute Gasteiger partial charge is 0.415 e. The quantitative estimate of drug-likeness (QED) is 0.146. The molecule has 59 heavy (non-hydrogen) atoms. The number of carbonyl (C=O) groups excluding carboxylic acids is 3. The molecule has 7 atom stereocenters. The SMILES string of the molecule is [C-]#[N+]c1c(C(=O)OC2C(C(C)(C)C)CC(C)CC2C(C)(C)C)c2nc(C3CCC(OCCO)C(NC(=O)NC4CCCCC4)C3)[nH]n2c1OC(=O)N1CC(C)OC(C)C1. The first kappa shape index (κ1) is 44.7. The van der Waals surface area contributed by atoms with E-state index in [1.807, 2.05) is 13.8 Å². The van der Waals surface area contributed by atoms with Gasteiger partial charge in [-0.2, -0.15) is 0 Å². The number of rotatable bonds is 9. The number of hydrogen-bond acceptors (Lipinski definition) is 9. The van der Waals surface area contributed by atoms with Crippen LogP contribution in [0.5, 0.6) is 5.88 Å². The topological polar surface area (TPSA) is 173 Å². The Morgan fingerprint density at radius 2 is 1.58 bits per heavy atom. The van der Waals surface area contributed by atoms with E-state index < -0.39 is 24.2 Å². The fraction of sp³-hybridized carbons (Fsp3) is 0.795. The molecule has 0 aromatic carbocycles. The van der Waals surface area contributed by atoms with Crippen LogP contribution in [-0.2, 0) is 14.2 Å². The maximum absolute atomic E-state index is 14.8. The zero-order chi connectivity index (χ0) is 42.8. The Kier molecular flexibility index (Phi) is 13.9. The van der Waals surface area contributed by atoms with Crippen molar-refractivity contribution in [2.24, 2.45) is 28.6 Å². The lowest BCUT2D eigenvalue weighted by Crippen LogP contribution is -2.53. The van der Waals surface area contributed by atoms with Gasteiger partial charge in [-0.3, -0.25) is 5.10 Å². The van der Waals surface area contributed by atoms with Gasteiger partial charge in [-0.25, -0.2) is 28.7 Å². The molecule has 6 rings (SSSR count). The van der Waals surface area contributed by atoms with Crippen molar-refractivity contribution in [1.29, 1.82) is 0 Å². The van der Waals surface area contributed by atoms with E-state index >= 15 is 0 Å². The van der Waals surface area contributed by atoms with Gasteiger partial charge in [-0.15, -0.1) is 0 Å². The normalized spacial score (nSPS) is 29.8. The van der Waals surface area contributed by atoms with Crippen LogP contribution in [-0.4, -0.2) is 106 Å². The average molecular weight is 824 g/mol. The van der Waals surface area contributed by atoms with Gasteiger partial charge in [0, 0.05) is 23.8 Å². The van der Waals surface area contributed by atoms with Crippen LogP contribution in [0.4, 0.5) is 15.3 Å². The van der Waals surface area contributed by atoms with Crippen LogP contribution in [0.3, 0.4) is 0 Å². The minimum absolute atomic E-state index is 0.0468. The van der Waals surface area contributed by atoms with Crippen molar-refractivity contribution in [2.45, 2.75) is 169 Å². The monoisotopic (exact) mass is 824 g/mol. The highest BCUT2D eigenvalue weighted by molar-refractivity contribution is 6.05. The van der Waals surface area contributed by atoms with Crippen molar-refractivity contribution in [3.8, 4) is 5.88 Å². The Morgan fingerprint density at radius 3 is 2.17 bits per heavy atom. The molecule has 15 heteroatoms. The number of hydrogen-bond donors (Lipinski definition) is 4. The van der Waals surface area contributed by atoms with Crippen molar-refractivity contribution in [1.82, 2.24) is 30.1 Å². The molecule has 15 nitrogen and oxygen atoms in total. The molecule has 1 saturated heterocycles. The number of morpholine rings is 1. The number of urea groups is 1. The van der Waals surface area contributed by atoms with Crippen molar-refractivity contribution in [2.75, 3.05) is 26.3 Å². The number of nitrogens with zero attached hydrogens (tertiary/aromatic N) is 4. The number of nitrogens with one attached hydrogen (secondary N) is 3. The number of aromatic nitrogens is 3. The number of carbonyl (C=O) groups is 3. The zero-order valence-corrected chi connectivity index (χ0v) is 36.8. The lowest BCUT2D eigenvalue weighted by Gasteiger charge is -2.50. The molecule has 2 aromatic rings. The summed E-state index contributed by atoms with van der Waals surface area (Å²) in [6, 6.07) is -0.517. The molecule has 4 N–H and O–H groups in total. The van der Waals surface area contributed by atoms with Crippen molar-refractivity contribution < 1.29 is 38.4 Å². The molecule has 0 radical (unpaired) electrons.